The van der Waals surface area contributed by atoms with E-state index in [0.29, 0.717) is 5.41 Å². The van der Waals surface area contributed by atoms with E-state index in [4.69, 9.17) is 0 Å². The third-order valence-corrected chi connectivity index (χ3v) is 2.74. The molecule has 0 spiro atoms. The summed E-state index contributed by atoms with van der Waals surface area (Å²) >= 11 is 0. The maximum atomic E-state index is 4.12. The second-order valence-electron chi connectivity index (χ2n) is 4.78. The van der Waals surface area contributed by atoms with Gasteiger partial charge >= 0.3 is 0 Å². The molecule has 0 radical (unpaired) electrons. The number of aliphatic imine (C=N–C) groups is 1. The third kappa shape index (κ3) is 2.99. The molecule has 0 saturated carbocycles. The summed E-state index contributed by atoms with van der Waals surface area (Å²) in [6.45, 7) is 11.0. The second-order valence-corrected chi connectivity index (χ2v) is 4.78. The van der Waals surface area contributed by atoms with Crippen molar-refractivity contribution >= 4 is 6.34 Å². The first kappa shape index (κ1) is 10.5. The summed E-state index contributed by atoms with van der Waals surface area (Å²) in [5.74, 6) is 0.724. The van der Waals surface area contributed by atoms with Gasteiger partial charge in [-0.25, -0.2) is 5.01 Å². The highest BCUT2D eigenvalue weighted by Gasteiger charge is 2.25. The largest absolute Gasteiger partial charge is 0.308 e. The molecular formula is C10H21N3. The molecule has 0 amide bonds. The van der Waals surface area contributed by atoms with Crippen molar-refractivity contribution in [3.8, 4) is 0 Å². The van der Waals surface area contributed by atoms with Crippen molar-refractivity contribution in [2.75, 3.05) is 13.2 Å². The van der Waals surface area contributed by atoms with Gasteiger partial charge in [0.2, 0.25) is 0 Å². The fourth-order valence-corrected chi connectivity index (χ4v) is 1.69. The van der Waals surface area contributed by atoms with Gasteiger partial charge in [0.05, 0.1) is 6.34 Å². The molecule has 0 bridgehead atoms. The Hall–Kier alpha value is -0.570. The Labute approximate surface area is 81.2 Å². The fraction of sp³-hybridized carbons (Fsp3) is 0.900. The highest BCUT2D eigenvalue weighted by molar-refractivity contribution is 5.54. The zero-order chi connectivity index (χ0) is 9.90. The number of hydrazine groups is 1. The van der Waals surface area contributed by atoms with Gasteiger partial charge in [-0.2, -0.15) is 0 Å². The number of nitrogens with one attached hydrogen (secondary N) is 1. The molecule has 0 aromatic rings. The smallest absolute Gasteiger partial charge is 0.110 e. The van der Waals surface area contributed by atoms with Crippen LogP contribution in [-0.2, 0) is 0 Å². The van der Waals surface area contributed by atoms with Gasteiger partial charge < -0.3 is 5.43 Å². The summed E-state index contributed by atoms with van der Waals surface area (Å²) in [6.07, 6.45) is 3.00. The zero-order valence-electron chi connectivity index (χ0n) is 9.17. The van der Waals surface area contributed by atoms with Crippen molar-refractivity contribution in [3.63, 3.8) is 0 Å². The van der Waals surface area contributed by atoms with Gasteiger partial charge in [0, 0.05) is 6.54 Å². The van der Waals surface area contributed by atoms with Crippen molar-refractivity contribution in [3.05, 3.63) is 0 Å². The monoisotopic (exact) mass is 183 g/mol. The van der Waals surface area contributed by atoms with Crippen LogP contribution in [0.3, 0.4) is 0 Å². The van der Waals surface area contributed by atoms with Crippen molar-refractivity contribution < 1.29 is 0 Å². The Morgan fingerprint density at radius 1 is 1.54 bits per heavy atom. The molecule has 0 fully saturated rings. The minimum absolute atomic E-state index is 0.388. The molecule has 0 aromatic carbocycles. The lowest BCUT2D eigenvalue weighted by Gasteiger charge is -2.32. The van der Waals surface area contributed by atoms with Crippen LogP contribution in [0.1, 0.15) is 34.1 Å². The van der Waals surface area contributed by atoms with Crippen molar-refractivity contribution in [2.45, 2.75) is 34.1 Å². The molecule has 13 heavy (non-hydrogen) atoms. The maximum absolute atomic E-state index is 4.12. The summed E-state index contributed by atoms with van der Waals surface area (Å²) in [6, 6.07) is 0. The Balaban J connectivity index is 2.40. The molecular weight excluding hydrogens is 162 g/mol. The van der Waals surface area contributed by atoms with E-state index >= 15 is 0 Å². The molecule has 3 nitrogen and oxygen atoms in total. The number of hydrogen-bond acceptors (Lipinski definition) is 3. The lowest BCUT2D eigenvalue weighted by atomic mass is 9.79. The topological polar surface area (TPSA) is 27.6 Å². The third-order valence-electron chi connectivity index (χ3n) is 2.74. The molecule has 0 saturated heterocycles. The van der Waals surface area contributed by atoms with Crippen LogP contribution in [0.2, 0.25) is 0 Å². The van der Waals surface area contributed by atoms with Crippen LogP contribution in [0.15, 0.2) is 4.99 Å². The van der Waals surface area contributed by atoms with Crippen LogP contribution in [0, 0.1) is 11.3 Å². The Morgan fingerprint density at radius 3 is 2.62 bits per heavy atom. The summed E-state index contributed by atoms with van der Waals surface area (Å²) in [5.41, 5.74) is 3.52. The number of rotatable bonds is 3. The van der Waals surface area contributed by atoms with Gasteiger partial charge in [0.25, 0.3) is 0 Å². The molecule has 1 rings (SSSR count). The van der Waals surface area contributed by atoms with E-state index in [9.17, 15) is 0 Å². The van der Waals surface area contributed by atoms with Crippen LogP contribution < -0.4 is 5.43 Å². The van der Waals surface area contributed by atoms with Crippen LogP contribution in [0.5, 0.6) is 0 Å². The fourth-order valence-electron chi connectivity index (χ4n) is 1.69. The maximum Gasteiger partial charge on any atom is 0.110 e. The van der Waals surface area contributed by atoms with Crippen molar-refractivity contribution in [2.24, 2.45) is 16.3 Å². The van der Waals surface area contributed by atoms with Crippen LogP contribution >= 0.6 is 0 Å². The number of hydrogen-bond donors (Lipinski definition) is 1. The summed E-state index contributed by atoms with van der Waals surface area (Å²) in [4.78, 5) is 4.12. The first-order valence-corrected chi connectivity index (χ1v) is 5.03. The lowest BCUT2D eigenvalue weighted by molar-refractivity contribution is 0.138. The normalized spacial score (nSPS) is 20.3. The molecule has 0 aromatic heterocycles. The van der Waals surface area contributed by atoms with Gasteiger partial charge in [-0.1, -0.05) is 34.1 Å². The predicted molar refractivity (Wildman–Crippen MR) is 56.4 cm³/mol. The van der Waals surface area contributed by atoms with E-state index in [0.717, 1.165) is 19.1 Å². The van der Waals surface area contributed by atoms with Crippen LogP contribution in [0.4, 0.5) is 0 Å². The van der Waals surface area contributed by atoms with Gasteiger partial charge in [-0.3, -0.25) is 4.99 Å². The molecule has 1 N–H and O–H groups in total. The molecule has 3 heteroatoms. The SMILES string of the molecule is CCC(CN1CN=CN1)C(C)(C)C. The standard InChI is InChI=1S/C10H21N3/c1-5-9(10(2,3)4)6-13-8-11-7-12-13/h7,9H,5-6,8H2,1-4H3,(H,11,12). The number of nitrogens with zero attached hydrogens (tertiary/aromatic N) is 2. The molecule has 76 valence electrons. The average molecular weight is 183 g/mol. The zero-order valence-corrected chi connectivity index (χ0v) is 9.17. The molecule has 1 atom stereocenters. The summed E-state index contributed by atoms with van der Waals surface area (Å²) in [5, 5.41) is 2.17. The highest BCUT2D eigenvalue weighted by Crippen LogP contribution is 2.28. The lowest BCUT2D eigenvalue weighted by Crippen LogP contribution is -2.39. The first-order chi connectivity index (χ1) is 6.04. The van der Waals surface area contributed by atoms with Gasteiger partial charge in [-0.15, -0.1) is 0 Å². The molecule has 1 unspecified atom stereocenters. The van der Waals surface area contributed by atoms with Crippen LogP contribution in [0.25, 0.3) is 0 Å². The second kappa shape index (κ2) is 4.09. The Kier molecular flexibility index (Phi) is 3.31. The molecule has 1 aliphatic heterocycles. The van der Waals surface area contributed by atoms with Gasteiger partial charge in [0.15, 0.2) is 0 Å². The summed E-state index contributed by atoms with van der Waals surface area (Å²) in [7, 11) is 0. The van der Waals surface area contributed by atoms with E-state index in [2.05, 4.69) is 43.1 Å². The van der Waals surface area contributed by atoms with Gasteiger partial charge in [0.1, 0.15) is 6.67 Å². The van der Waals surface area contributed by atoms with Crippen molar-refractivity contribution in [1.29, 1.82) is 0 Å². The average Bonchev–Trinajstić information content (AvgIpc) is 2.49. The summed E-state index contributed by atoms with van der Waals surface area (Å²) < 4.78 is 0. The molecule has 1 aliphatic rings. The minimum Gasteiger partial charge on any atom is -0.308 e. The van der Waals surface area contributed by atoms with E-state index in [1.807, 2.05) is 0 Å². The van der Waals surface area contributed by atoms with E-state index in [1.54, 1.807) is 6.34 Å². The predicted octanol–water partition coefficient (Wildman–Crippen LogP) is 1.86. The Morgan fingerprint density at radius 2 is 2.23 bits per heavy atom. The Bertz CT molecular complexity index is 173. The van der Waals surface area contributed by atoms with E-state index in [1.165, 1.54) is 6.42 Å². The van der Waals surface area contributed by atoms with Crippen LogP contribution in [-0.4, -0.2) is 24.6 Å². The van der Waals surface area contributed by atoms with Gasteiger partial charge in [-0.05, 0) is 11.3 Å². The first-order valence-electron chi connectivity index (χ1n) is 5.03. The quantitative estimate of drug-likeness (QED) is 0.723. The molecule has 1 heterocycles. The minimum atomic E-state index is 0.388. The van der Waals surface area contributed by atoms with Crippen molar-refractivity contribution in [1.82, 2.24) is 10.4 Å². The van der Waals surface area contributed by atoms with E-state index in [-0.39, 0.29) is 0 Å². The van der Waals surface area contributed by atoms with E-state index < -0.39 is 0 Å². The highest BCUT2D eigenvalue weighted by atomic mass is 15.6. The molecule has 0 aliphatic carbocycles.